The molecular formula is C16H30N6. The van der Waals surface area contributed by atoms with E-state index in [1.54, 1.807) is 0 Å². The van der Waals surface area contributed by atoms with Gasteiger partial charge >= 0.3 is 0 Å². The van der Waals surface area contributed by atoms with E-state index >= 15 is 0 Å². The highest BCUT2D eigenvalue weighted by Gasteiger charge is 2.13. The minimum atomic E-state index is 0.363. The van der Waals surface area contributed by atoms with Crippen molar-refractivity contribution in [1.82, 2.24) is 20.2 Å². The van der Waals surface area contributed by atoms with Crippen LogP contribution in [0, 0.1) is 6.92 Å². The number of hydrogen-bond donors (Lipinski definition) is 3. The second kappa shape index (κ2) is 8.90. The molecule has 6 heteroatoms. The molecule has 2 heterocycles. The van der Waals surface area contributed by atoms with Crippen LogP contribution < -0.4 is 16.4 Å². The Hall–Kier alpha value is -1.40. The van der Waals surface area contributed by atoms with Crippen molar-refractivity contribution in [2.45, 2.75) is 39.5 Å². The molecule has 1 aromatic heterocycles. The van der Waals surface area contributed by atoms with Crippen molar-refractivity contribution in [2.75, 3.05) is 50.3 Å². The Morgan fingerprint density at radius 1 is 1.23 bits per heavy atom. The number of aromatic nitrogens is 2. The molecule has 0 aromatic carbocycles. The highest BCUT2D eigenvalue weighted by Crippen LogP contribution is 2.19. The maximum absolute atomic E-state index is 5.80. The van der Waals surface area contributed by atoms with Crippen molar-refractivity contribution in [3.8, 4) is 0 Å². The molecule has 1 aliphatic heterocycles. The van der Waals surface area contributed by atoms with Gasteiger partial charge in [0.25, 0.3) is 0 Å². The third-order valence-corrected chi connectivity index (χ3v) is 4.16. The van der Waals surface area contributed by atoms with Gasteiger partial charge in [0.15, 0.2) is 0 Å². The molecule has 0 radical (unpaired) electrons. The Balaban J connectivity index is 1.92. The van der Waals surface area contributed by atoms with Crippen molar-refractivity contribution in [1.29, 1.82) is 0 Å². The van der Waals surface area contributed by atoms with Gasteiger partial charge in [-0.2, -0.15) is 4.98 Å². The maximum atomic E-state index is 5.80. The first kappa shape index (κ1) is 17.0. The van der Waals surface area contributed by atoms with Crippen LogP contribution in [0.1, 0.15) is 37.4 Å². The topological polar surface area (TPSA) is 79.1 Å². The Labute approximate surface area is 133 Å². The van der Waals surface area contributed by atoms with Crippen LogP contribution in [-0.2, 0) is 6.42 Å². The summed E-state index contributed by atoms with van der Waals surface area (Å²) >= 11 is 0. The van der Waals surface area contributed by atoms with Gasteiger partial charge in [0.2, 0.25) is 5.95 Å². The van der Waals surface area contributed by atoms with Crippen LogP contribution in [0.2, 0.25) is 0 Å². The zero-order valence-electron chi connectivity index (χ0n) is 14.0. The smallest absolute Gasteiger partial charge is 0.222 e. The van der Waals surface area contributed by atoms with Gasteiger partial charge in [0.1, 0.15) is 5.82 Å². The third-order valence-electron chi connectivity index (χ3n) is 4.16. The lowest BCUT2D eigenvalue weighted by molar-refractivity contribution is 0.238. The summed E-state index contributed by atoms with van der Waals surface area (Å²) in [6.07, 6.45) is 4.45. The number of nitrogens with two attached hydrogens (primary N) is 1. The number of nitrogens with zero attached hydrogens (tertiary/aromatic N) is 3. The quantitative estimate of drug-likeness (QED) is 0.630. The molecule has 0 saturated carbocycles. The number of hydrogen-bond acceptors (Lipinski definition) is 6. The fourth-order valence-electron chi connectivity index (χ4n) is 2.86. The van der Waals surface area contributed by atoms with E-state index in [0.717, 1.165) is 70.0 Å². The van der Waals surface area contributed by atoms with Gasteiger partial charge in [-0.05, 0) is 32.7 Å². The lowest BCUT2D eigenvalue weighted by Crippen LogP contribution is -2.43. The highest BCUT2D eigenvalue weighted by atomic mass is 15.2. The second-order valence-electron chi connectivity index (χ2n) is 5.97. The number of nitrogen functional groups attached to an aromatic ring is 1. The zero-order chi connectivity index (χ0) is 15.8. The minimum Gasteiger partial charge on any atom is -0.370 e. The van der Waals surface area contributed by atoms with Gasteiger partial charge in [-0.3, -0.25) is 0 Å². The van der Waals surface area contributed by atoms with Crippen LogP contribution in [0.3, 0.4) is 0 Å². The van der Waals surface area contributed by atoms with Crippen molar-refractivity contribution in [3.63, 3.8) is 0 Å². The molecule has 0 unspecified atom stereocenters. The molecule has 22 heavy (non-hydrogen) atoms. The van der Waals surface area contributed by atoms with Crippen molar-refractivity contribution in [3.05, 3.63) is 11.3 Å². The lowest BCUT2D eigenvalue weighted by Gasteiger charge is -2.27. The SMILES string of the molecule is CCCCNc1nc(N)nc(C)c1CCCN1CCNCC1. The van der Waals surface area contributed by atoms with E-state index in [-0.39, 0.29) is 0 Å². The average molecular weight is 306 g/mol. The lowest BCUT2D eigenvalue weighted by atomic mass is 10.1. The Bertz CT molecular complexity index is 456. The van der Waals surface area contributed by atoms with E-state index in [1.165, 1.54) is 12.0 Å². The zero-order valence-corrected chi connectivity index (χ0v) is 14.0. The van der Waals surface area contributed by atoms with Crippen LogP contribution in [0.25, 0.3) is 0 Å². The van der Waals surface area contributed by atoms with E-state index in [4.69, 9.17) is 5.73 Å². The van der Waals surface area contributed by atoms with Crippen molar-refractivity contribution in [2.24, 2.45) is 0 Å². The molecule has 6 nitrogen and oxygen atoms in total. The standard InChI is InChI=1S/C16H30N6/c1-3-4-7-19-15-14(13(2)20-16(17)21-15)6-5-10-22-11-8-18-9-12-22/h18H,3-12H2,1-2H3,(H3,17,19,20,21). The number of piperazine rings is 1. The van der Waals surface area contributed by atoms with Gasteiger partial charge in [0.05, 0.1) is 0 Å². The summed E-state index contributed by atoms with van der Waals surface area (Å²) in [6, 6.07) is 0. The van der Waals surface area contributed by atoms with E-state index in [9.17, 15) is 0 Å². The molecule has 124 valence electrons. The Morgan fingerprint density at radius 3 is 2.73 bits per heavy atom. The van der Waals surface area contributed by atoms with Crippen LogP contribution >= 0.6 is 0 Å². The van der Waals surface area contributed by atoms with E-state index in [1.807, 2.05) is 6.92 Å². The molecule has 0 atom stereocenters. The Morgan fingerprint density at radius 2 is 2.00 bits per heavy atom. The largest absolute Gasteiger partial charge is 0.370 e. The first-order valence-corrected chi connectivity index (χ1v) is 8.50. The molecule has 0 amide bonds. The fourth-order valence-corrected chi connectivity index (χ4v) is 2.86. The second-order valence-corrected chi connectivity index (χ2v) is 5.97. The van der Waals surface area contributed by atoms with E-state index < -0.39 is 0 Å². The molecule has 2 rings (SSSR count). The van der Waals surface area contributed by atoms with Crippen molar-refractivity contribution < 1.29 is 0 Å². The molecule has 0 bridgehead atoms. The molecule has 0 aliphatic carbocycles. The van der Waals surface area contributed by atoms with E-state index in [2.05, 4.69) is 32.4 Å². The van der Waals surface area contributed by atoms with Gasteiger partial charge in [-0.15, -0.1) is 0 Å². The van der Waals surface area contributed by atoms with Gasteiger partial charge < -0.3 is 21.3 Å². The summed E-state index contributed by atoms with van der Waals surface area (Å²) in [6.45, 7) is 10.8. The average Bonchev–Trinajstić information content (AvgIpc) is 2.51. The fraction of sp³-hybridized carbons (Fsp3) is 0.750. The summed E-state index contributed by atoms with van der Waals surface area (Å²) < 4.78 is 0. The highest BCUT2D eigenvalue weighted by molar-refractivity contribution is 5.49. The van der Waals surface area contributed by atoms with Crippen molar-refractivity contribution >= 4 is 11.8 Å². The molecule has 1 aromatic rings. The first-order chi connectivity index (χ1) is 10.7. The van der Waals surface area contributed by atoms with Crippen LogP contribution in [0.15, 0.2) is 0 Å². The third kappa shape index (κ3) is 5.10. The number of rotatable bonds is 8. The summed E-state index contributed by atoms with van der Waals surface area (Å²) in [5.41, 5.74) is 8.03. The minimum absolute atomic E-state index is 0.363. The summed E-state index contributed by atoms with van der Waals surface area (Å²) in [5.74, 6) is 1.29. The maximum Gasteiger partial charge on any atom is 0.222 e. The predicted molar refractivity (Wildman–Crippen MR) is 92.2 cm³/mol. The normalized spacial score (nSPS) is 15.9. The molecule has 1 saturated heterocycles. The van der Waals surface area contributed by atoms with Crippen LogP contribution in [-0.4, -0.2) is 54.1 Å². The monoisotopic (exact) mass is 306 g/mol. The summed E-state index contributed by atoms with van der Waals surface area (Å²) in [7, 11) is 0. The van der Waals surface area contributed by atoms with E-state index in [0.29, 0.717) is 5.95 Å². The van der Waals surface area contributed by atoms with Crippen LogP contribution in [0.4, 0.5) is 11.8 Å². The van der Waals surface area contributed by atoms with Gasteiger partial charge in [0, 0.05) is 44.0 Å². The number of nitrogens with one attached hydrogen (secondary N) is 2. The molecule has 1 aliphatic rings. The van der Waals surface area contributed by atoms with Crippen LogP contribution in [0.5, 0.6) is 0 Å². The molecule has 0 spiro atoms. The summed E-state index contributed by atoms with van der Waals surface area (Å²) in [4.78, 5) is 11.3. The van der Waals surface area contributed by atoms with Gasteiger partial charge in [-0.25, -0.2) is 4.98 Å². The molecule has 1 fully saturated rings. The summed E-state index contributed by atoms with van der Waals surface area (Å²) in [5, 5.41) is 6.82. The Kier molecular flexibility index (Phi) is 6.86. The number of aryl methyl sites for hydroxylation is 1. The number of anilines is 2. The molecular weight excluding hydrogens is 276 g/mol. The predicted octanol–water partition coefficient (Wildman–Crippen LogP) is 1.42. The molecule has 4 N–H and O–H groups in total. The first-order valence-electron chi connectivity index (χ1n) is 8.50. The van der Waals surface area contributed by atoms with Gasteiger partial charge in [-0.1, -0.05) is 13.3 Å². The number of unbranched alkanes of at least 4 members (excludes halogenated alkanes) is 1.